The highest BCUT2D eigenvalue weighted by Crippen LogP contribution is 2.47. The summed E-state index contributed by atoms with van der Waals surface area (Å²) in [6.07, 6.45) is 7.96. The second-order valence-corrected chi connectivity index (χ2v) is 7.19. The van der Waals surface area contributed by atoms with E-state index < -0.39 is 0 Å². The van der Waals surface area contributed by atoms with Crippen molar-refractivity contribution >= 4 is 39.6 Å². The van der Waals surface area contributed by atoms with Crippen LogP contribution in [0.1, 0.15) is 41.8 Å². The Kier molecular flexibility index (Phi) is 3.76. The number of piperidine rings is 1. The van der Waals surface area contributed by atoms with Gasteiger partial charge in [-0.3, -0.25) is 4.79 Å². The normalized spacial score (nSPS) is 19.7. The lowest BCUT2D eigenvalue weighted by Crippen LogP contribution is -2.28. The van der Waals surface area contributed by atoms with Crippen molar-refractivity contribution in [1.82, 2.24) is 0 Å². The molecule has 1 aromatic heterocycles. The van der Waals surface area contributed by atoms with Crippen molar-refractivity contribution in [2.75, 3.05) is 30.0 Å². The van der Waals surface area contributed by atoms with Gasteiger partial charge in [0.2, 0.25) is 0 Å². The van der Waals surface area contributed by atoms with Crippen molar-refractivity contribution in [2.24, 2.45) is 5.92 Å². The maximum Gasteiger partial charge on any atom is 0.178 e. The van der Waals surface area contributed by atoms with Crippen LogP contribution in [0.3, 0.4) is 0 Å². The highest BCUT2D eigenvalue weighted by molar-refractivity contribution is 7.99. The standard InChI is InChI=1S/C14H20N2OS2/c1-18-13-10(15)12(11(17)9-5-6-9)19-14(13)16-7-3-2-4-8-16/h9H,2-8,15H2,1H3. The zero-order valence-electron chi connectivity index (χ0n) is 11.3. The molecule has 0 spiro atoms. The molecule has 1 saturated carbocycles. The predicted octanol–water partition coefficient (Wildman–Crippen LogP) is 3.64. The Bertz CT molecular complexity index is 488. The smallest absolute Gasteiger partial charge is 0.178 e. The SMILES string of the molecule is CSc1c(N2CCCCC2)sc(C(=O)C2CC2)c1N. The van der Waals surface area contributed by atoms with E-state index in [-0.39, 0.29) is 11.7 Å². The monoisotopic (exact) mass is 296 g/mol. The molecule has 2 aliphatic rings. The zero-order chi connectivity index (χ0) is 13.4. The second-order valence-electron chi connectivity index (χ2n) is 5.37. The van der Waals surface area contributed by atoms with Gasteiger partial charge >= 0.3 is 0 Å². The minimum atomic E-state index is 0.255. The summed E-state index contributed by atoms with van der Waals surface area (Å²) in [4.78, 5) is 16.6. The number of carbonyl (C=O) groups is 1. The first kappa shape index (κ1) is 13.3. The number of hydrogen-bond donors (Lipinski definition) is 1. The largest absolute Gasteiger partial charge is 0.396 e. The van der Waals surface area contributed by atoms with Crippen molar-refractivity contribution in [3.8, 4) is 0 Å². The highest BCUT2D eigenvalue weighted by Gasteiger charge is 2.34. The molecular formula is C14H20N2OS2. The molecule has 3 nitrogen and oxygen atoms in total. The van der Waals surface area contributed by atoms with E-state index in [1.807, 2.05) is 0 Å². The summed E-state index contributed by atoms with van der Waals surface area (Å²) in [6, 6.07) is 0. The van der Waals surface area contributed by atoms with Gasteiger partial charge in [0.05, 0.1) is 15.5 Å². The number of nitrogens with zero attached hydrogens (tertiary/aromatic N) is 1. The fourth-order valence-corrected chi connectivity index (χ4v) is 4.88. The highest BCUT2D eigenvalue weighted by atomic mass is 32.2. The van der Waals surface area contributed by atoms with E-state index in [0.717, 1.165) is 41.4 Å². The summed E-state index contributed by atoms with van der Waals surface area (Å²) in [5.74, 6) is 0.533. The van der Waals surface area contributed by atoms with Gasteiger partial charge in [0.15, 0.2) is 5.78 Å². The van der Waals surface area contributed by atoms with Crippen molar-refractivity contribution in [1.29, 1.82) is 0 Å². The Balaban J connectivity index is 1.93. The van der Waals surface area contributed by atoms with E-state index in [0.29, 0.717) is 0 Å². The van der Waals surface area contributed by atoms with Crippen LogP contribution in [0.15, 0.2) is 4.90 Å². The van der Waals surface area contributed by atoms with Crippen molar-refractivity contribution in [2.45, 2.75) is 37.0 Å². The lowest BCUT2D eigenvalue weighted by molar-refractivity contribution is 0.0972. The van der Waals surface area contributed by atoms with Crippen LogP contribution in [0, 0.1) is 5.92 Å². The van der Waals surface area contributed by atoms with E-state index in [4.69, 9.17) is 5.73 Å². The molecule has 1 aromatic rings. The Morgan fingerprint density at radius 2 is 2.00 bits per heavy atom. The molecule has 2 heterocycles. The van der Waals surface area contributed by atoms with Crippen molar-refractivity contribution in [3.63, 3.8) is 0 Å². The van der Waals surface area contributed by atoms with E-state index in [1.165, 1.54) is 24.3 Å². The van der Waals surface area contributed by atoms with E-state index >= 15 is 0 Å². The number of Topliss-reactive ketones (excluding diaryl/α,β-unsaturated/α-hetero) is 1. The van der Waals surface area contributed by atoms with Gasteiger partial charge in [-0.2, -0.15) is 0 Å². The molecule has 0 bridgehead atoms. The van der Waals surface area contributed by atoms with Crippen LogP contribution in [0.5, 0.6) is 0 Å². The Labute approximate surface area is 122 Å². The number of hydrogen-bond acceptors (Lipinski definition) is 5. The predicted molar refractivity (Wildman–Crippen MR) is 83.6 cm³/mol. The Morgan fingerprint density at radius 1 is 1.32 bits per heavy atom. The zero-order valence-corrected chi connectivity index (χ0v) is 12.9. The molecule has 104 valence electrons. The number of nitrogens with two attached hydrogens (primary N) is 1. The molecule has 0 radical (unpaired) electrons. The first-order valence-corrected chi connectivity index (χ1v) is 9.02. The Hall–Kier alpha value is -0.680. The van der Waals surface area contributed by atoms with Gasteiger partial charge in [-0.25, -0.2) is 0 Å². The fourth-order valence-electron chi connectivity index (χ4n) is 2.63. The lowest BCUT2D eigenvalue weighted by atomic mass is 10.1. The maximum atomic E-state index is 12.3. The van der Waals surface area contributed by atoms with Gasteiger partial charge in [-0.05, 0) is 38.4 Å². The van der Waals surface area contributed by atoms with Crippen molar-refractivity contribution < 1.29 is 4.79 Å². The molecular weight excluding hydrogens is 276 g/mol. The van der Waals surface area contributed by atoms with Gasteiger partial charge in [-0.1, -0.05) is 0 Å². The maximum absolute atomic E-state index is 12.3. The minimum Gasteiger partial charge on any atom is -0.396 e. The summed E-state index contributed by atoms with van der Waals surface area (Å²) < 4.78 is 0. The molecule has 0 amide bonds. The molecule has 1 saturated heterocycles. The lowest BCUT2D eigenvalue weighted by Gasteiger charge is -2.28. The molecule has 1 aliphatic carbocycles. The van der Waals surface area contributed by atoms with E-state index in [1.54, 1.807) is 23.1 Å². The number of anilines is 2. The van der Waals surface area contributed by atoms with Crippen LogP contribution in [-0.2, 0) is 0 Å². The van der Waals surface area contributed by atoms with Gasteiger partial charge in [0, 0.05) is 19.0 Å². The van der Waals surface area contributed by atoms with Crippen LogP contribution in [0.2, 0.25) is 0 Å². The molecule has 19 heavy (non-hydrogen) atoms. The van der Waals surface area contributed by atoms with Crippen LogP contribution >= 0.6 is 23.1 Å². The van der Waals surface area contributed by atoms with E-state index in [9.17, 15) is 4.79 Å². The average Bonchev–Trinajstić information content (AvgIpc) is 3.23. The first-order valence-electron chi connectivity index (χ1n) is 6.97. The van der Waals surface area contributed by atoms with E-state index in [2.05, 4.69) is 11.2 Å². The summed E-state index contributed by atoms with van der Waals surface area (Å²) in [6.45, 7) is 2.20. The molecule has 3 rings (SSSR count). The van der Waals surface area contributed by atoms with Gasteiger partial charge in [0.1, 0.15) is 5.00 Å². The third-order valence-corrected chi connectivity index (χ3v) is 6.13. The molecule has 0 aromatic carbocycles. The number of nitrogen functional groups attached to an aromatic ring is 1. The third kappa shape index (κ3) is 2.50. The number of carbonyl (C=O) groups excluding carboxylic acids is 1. The van der Waals surface area contributed by atoms with Gasteiger partial charge < -0.3 is 10.6 Å². The van der Waals surface area contributed by atoms with Crippen molar-refractivity contribution in [3.05, 3.63) is 4.88 Å². The quantitative estimate of drug-likeness (QED) is 0.681. The molecule has 0 unspecified atom stereocenters. The van der Waals surface area contributed by atoms with Gasteiger partial charge in [-0.15, -0.1) is 23.1 Å². The molecule has 2 fully saturated rings. The second kappa shape index (κ2) is 5.37. The summed E-state index contributed by atoms with van der Waals surface area (Å²) in [5, 5.41) is 1.23. The van der Waals surface area contributed by atoms with Crippen LogP contribution < -0.4 is 10.6 Å². The average molecular weight is 296 g/mol. The topological polar surface area (TPSA) is 46.3 Å². The van der Waals surface area contributed by atoms with Crippen LogP contribution in [-0.4, -0.2) is 25.1 Å². The Morgan fingerprint density at radius 3 is 2.58 bits per heavy atom. The molecule has 0 atom stereocenters. The molecule has 5 heteroatoms. The number of thiophene rings is 1. The summed E-state index contributed by atoms with van der Waals surface area (Å²) >= 11 is 3.30. The minimum absolute atomic E-state index is 0.255. The fraction of sp³-hybridized carbons (Fsp3) is 0.643. The molecule has 2 N–H and O–H groups in total. The summed E-state index contributed by atoms with van der Waals surface area (Å²) in [7, 11) is 0. The first-order chi connectivity index (χ1) is 9.22. The van der Waals surface area contributed by atoms with Crippen LogP contribution in [0.4, 0.5) is 10.7 Å². The number of ketones is 1. The summed E-state index contributed by atoms with van der Waals surface area (Å²) in [5.41, 5.74) is 6.96. The van der Waals surface area contributed by atoms with Crippen LogP contribution in [0.25, 0.3) is 0 Å². The van der Waals surface area contributed by atoms with Gasteiger partial charge in [0.25, 0.3) is 0 Å². The number of rotatable bonds is 4. The number of thioether (sulfide) groups is 1. The third-order valence-electron chi connectivity index (χ3n) is 3.90. The molecule has 1 aliphatic heterocycles.